The molecule has 0 radical (unpaired) electrons. The monoisotopic (exact) mass is 639 g/mol. The van der Waals surface area contributed by atoms with Gasteiger partial charge in [0.25, 0.3) is 0 Å². The fourth-order valence-corrected chi connectivity index (χ4v) is 6.19. The lowest BCUT2D eigenvalue weighted by atomic mass is 10.0. The Labute approximate surface area is 291 Å². The summed E-state index contributed by atoms with van der Waals surface area (Å²) < 4.78 is 0. The Morgan fingerprint density at radius 3 is 1.21 bits per heavy atom. The zero-order valence-corrected chi connectivity index (χ0v) is 30.8. The SMILES string of the molecule is CCCCCCCCC#CC(=Nc1ccccc1)C(CCCCCCCCCCCCCCCCCCCCC)=Nc1ccccc1. The molecule has 0 bridgehead atoms. The Bertz CT molecular complexity index is 1090. The van der Waals surface area contributed by atoms with E-state index in [9.17, 15) is 0 Å². The Morgan fingerprint density at radius 1 is 0.426 bits per heavy atom. The first-order valence-electron chi connectivity index (χ1n) is 20.1. The van der Waals surface area contributed by atoms with Gasteiger partial charge in [0.2, 0.25) is 0 Å². The largest absolute Gasteiger partial charge is 0.251 e. The molecule has 0 fully saturated rings. The van der Waals surface area contributed by atoms with E-state index in [0.29, 0.717) is 0 Å². The van der Waals surface area contributed by atoms with Crippen molar-refractivity contribution in [2.24, 2.45) is 9.98 Å². The summed E-state index contributed by atoms with van der Waals surface area (Å²) in [6.45, 7) is 4.57. The normalized spacial score (nSPS) is 11.9. The van der Waals surface area contributed by atoms with Gasteiger partial charge >= 0.3 is 0 Å². The maximum atomic E-state index is 5.10. The number of benzene rings is 2. The van der Waals surface area contributed by atoms with Crippen LogP contribution in [0.15, 0.2) is 70.6 Å². The maximum Gasteiger partial charge on any atom is 0.135 e. The molecule has 0 aliphatic carbocycles. The standard InChI is InChI=1S/C45H70N2/c1-3-5-7-9-11-13-14-15-16-17-18-19-20-21-22-23-25-27-35-41-45(47-43-38-32-29-33-39-43)44(46-42-36-30-28-31-37-42)40-34-26-24-12-10-8-6-4-2/h28-33,36-39H,3-27,35,41H2,1-2H3. The molecule has 0 aliphatic heterocycles. The van der Waals surface area contributed by atoms with E-state index < -0.39 is 0 Å². The van der Waals surface area contributed by atoms with Crippen molar-refractivity contribution in [2.75, 3.05) is 0 Å². The van der Waals surface area contributed by atoms with Crippen molar-refractivity contribution in [1.82, 2.24) is 0 Å². The van der Waals surface area contributed by atoms with Gasteiger partial charge in [-0.3, -0.25) is 4.99 Å². The number of hydrogen-bond acceptors (Lipinski definition) is 2. The molecular formula is C45H70N2. The van der Waals surface area contributed by atoms with Crippen LogP contribution in [0, 0.1) is 11.8 Å². The van der Waals surface area contributed by atoms with Crippen molar-refractivity contribution >= 4 is 22.8 Å². The number of para-hydroxylation sites is 2. The van der Waals surface area contributed by atoms with Crippen LogP contribution in [0.5, 0.6) is 0 Å². The highest BCUT2D eigenvalue weighted by molar-refractivity contribution is 6.49. The average molecular weight is 639 g/mol. The van der Waals surface area contributed by atoms with Crippen molar-refractivity contribution in [3.63, 3.8) is 0 Å². The Hall–Kier alpha value is -2.66. The molecule has 2 heteroatoms. The predicted octanol–water partition coefficient (Wildman–Crippen LogP) is 15.1. The molecule has 0 aliphatic rings. The number of hydrogen-bond donors (Lipinski definition) is 0. The van der Waals surface area contributed by atoms with Gasteiger partial charge in [-0.05, 0) is 49.4 Å². The summed E-state index contributed by atoms with van der Waals surface area (Å²) in [5.74, 6) is 6.93. The molecule has 2 aromatic carbocycles. The molecule has 0 amide bonds. The van der Waals surface area contributed by atoms with Gasteiger partial charge in [0.1, 0.15) is 5.71 Å². The van der Waals surface area contributed by atoms with Gasteiger partial charge < -0.3 is 0 Å². The van der Waals surface area contributed by atoms with E-state index >= 15 is 0 Å². The van der Waals surface area contributed by atoms with E-state index in [2.05, 4.69) is 68.2 Å². The van der Waals surface area contributed by atoms with E-state index in [0.717, 1.165) is 42.1 Å². The first kappa shape index (κ1) is 40.5. The highest BCUT2D eigenvalue weighted by Crippen LogP contribution is 2.18. The zero-order valence-electron chi connectivity index (χ0n) is 30.8. The molecule has 0 saturated heterocycles. The molecule has 2 rings (SSSR count). The molecule has 0 aromatic heterocycles. The number of rotatable bonds is 29. The first-order chi connectivity index (χ1) is 23.3. The van der Waals surface area contributed by atoms with Crippen molar-refractivity contribution < 1.29 is 0 Å². The maximum absolute atomic E-state index is 5.10. The van der Waals surface area contributed by atoms with Crippen LogP contribution in [-0.4, -0.2) is 11.4 Å². The second-order valence-corrected chi connectivity index (χ2v) is 13.6. The number of aliphatic imine (C=N–C) groups is 2. The van der Waals surface area contributed by atoms with E-state index in [1.807, 2.05) is 18.2 Å². The summed E-state index contributed by atoms with van der Waals surface area (Å²) >= 11 is 0. The Kier molecular flexibility index (Phi) is 26.4. The predicted molar refractivity (Wildman–Crippen MR) is 211 cm³/mol. The van der Waals surface area contributed by atoms with Crippen LogP contribution in [-0.2, 0) is 0 Å². The summed E-state index contributed by atoms with van der Waals surface area (Å²) in [6.07, 6.45) is 36.1. The van der Waals surface area contributed by atoms with Gasteiger partial charge in [-0.25, -0.2) is 4.99 Å². The molecule has 2 nitrogen and oxygen atoms in total. The lowest BCUT2D eigenvalue weighted by Gasteiger charge is -2.08. The average Bonchev–Trinajstić information content (AvgIpc) is 3.10. The summed E-state index contributed by atoms with van der Waals surface area (Å²) in [4.78, 5) is 10.1. The smallest absolute Gasteiger partial charge is 0.135 e. The Morgan fingerprint density at radius 2 is 0.787 bits per heavy atom. The van der Waals surface area contributed by atoms with E-state index in [-0.39, 0.29) is 0 Å². The van der Waals surface area contributed by atoms with E-state index in [1.54, 1.807) is 0 Å². The number of unbranched alkanes of at least 4 members (excludes halogenated alkanes) is 24. The van der Waals surface area contributed by atoms with Gasteiger partial charge in [0.05, 0.1) is 17.1 Å². The van der Waals surface area contributed by atoms with Crippen molar-refractivity contribution in [1.29, 1.82) is 0 Å². The summed E-state index contributed by atoms with van der Waals surface area (Å²) in [6, 6.07) is 20.6. The molecular weight excluding hydrogens is 569 g/mol. The number of nitrogens with zero attached hydrogens (tertiary/aromatic N) is 2. The van der Waals surface area contributed by atoms with Gasteiger partial charge in [0.15, 0.2) is 0 Å². The van der Waals surface area contributed by atoms with Crippen molar-refractivity contribution in [2.45, 2.75) is 187 Å². The van der Waals surface area contributed by atoms with Crippen molar-refractivity contribution in [3.8, 4) is 11.8 Å². The van der Waals surface area contributed by atoms with Crippen LogP contribution in [0.2, 0.25) is 0 Å². The summed E-state index contributed by atoms with van der Waals surface area (Å²) in [5.41, 5.74) is 3.81. The van der Waals surface area contributed by atoms with E-state index in [4.69, 9.17) is 9.98 Å². The summed E-state index contributed by atoms with van der Waals surface area (Å²) in [7, 11) is 0. The van der Waals surface area contributed by atoms with Crippen LogP contribution >= 0.6 is 0 Å². The molecule has 0 atom stereocenters. The van der Waals surface area contributed by atoms with Gasteiger partial charge in [-0.2, -0.15) is 0 Å². The van der Waals surface area contributed by atoms with Gasteiger partial charge in [0, 0.05) is 6.42 Å². The van der Waals surface area contributed by atoms with Gasteiger partial charge in [-0.1, -0.05) is 204 Å². The lowest BCUT2D eigenvalue weighted by molar-refractivity contribution is 0.524. The molecule has 260 valence electrons. The molecule has 47 heavy (non-hydrogen) atoms. The molecule has 0 N–H and O–H groups in total. The lowest BCUT2D eigenvalue weighted by Crippen LogP contribution is -2.12. The third kappa shape index (κ3) is 23.3. The second kappa shape index (κ2) is 30.7. The highest BCUT2D eigenvalue weighted by Gasteiger charge is 2.09. The molecule has 0 heterocycles. The minimum atomic E-state index is 0.841. The summed E-state index contributed by atoms with van der Waals surface area (Å²) in [5, 5.41) is 0. The second-order valence-electron chi connectivity index (χ2n) is 13.6. The fourth-order valence-electron chi connectivity index (χ4n) is 6.19. The highest BCUT2D eigenvalue weighted by atomic mass is 14.8. The van der Waals surface area contributed by atoms with Crippen molar-refractivity contribution in [3.05, 3.63) is 60.7 Å². The fraction of sp³-hybridized carbons (Fsp3) is 0.644. The zero-order chi connectivity index (χ0) is 33.3. The third-order valence-corrected chi connectivity index (χ3v) is 9.17. The molecule has 0 spiro atoms. The topological polar surface area (TPSA) is 24.7 Å². The van der Waals surface area contributed by atoms with Crippen LogP contribution in [0.4, 0.5) is 11.4 Å². The van der Waals surface area contributed by atoms with Crippen LogP contribution in [0.1, 0.15) is 187 Å². The van der Waals surface area contributed by atoms with Crippen LogP contribution in [0.3, 0.4) is 0 Å². The third-order valence-electron chi connectivity index (χ3n) is 9.17. The van der Waals surface area contributed by atoms with Gasteiger partial charge in [-0.15, -0.1) is 0 Å². The molecule has 0 unspecified atom stereocenters. The molecule has 0 saturated carbocycles. The van der Waals surface area contributed by atoms with E-state index in [1.165, 1.54) is 154 Å². The first-order valence-corrected chi connectivity index (χ1v) is 20.1. The minimum Gasteiger partial charge on any atom is -0.251 e. The van der Waals surface area contributed by atoms with Crippen LogP contribution < -0.4 is 0 Å². The Balaban J connectivity index is 1.73. The quantitative estimate of drug-likeness (QED) is 0.0481. The van der Waals surface area contributed by atoms with Crippen LogP contribution in [0.25, 0.3) is 0 Å². The minimum absolute atomic E-state index is 0.841. The molecule has 2 aromatic rings.